The number of benzene rings is 1. The van der Waals surface area contributed by atoms with Crippen LogP contribution in [0.2, 0.25) is 4.13 Å². The van der Waals surface area contributed by atoms with Crippen molar-refractivity contribution >= 4 is 6.08 Å². The van der Waals surface area contributed by atoms with Crippen molar-refractivity contribution in [2.24, 2.45) is 0 Å². The van der Waals surface area contributed by atoms with Crippen molar-refractivity contribution < 1.29 is 23.2 Å². The van der Waals surface area contributed by atoms with Crippen LogP contribution in [0.3, 0.4) is 0 Å². The number of allylic oxidation sites excluding steroid dienone is 2. The molecule has 0 N–H and O–H groups in total. The van der Waals surface area contributed by atoms with Crippen LogP contribution in [-0.2, 0) is 23.2 Å². The molecule has 0 radical (unpaired) electrons. The van der Waals surface area contributed by atoms with E-state index < -0.39 is 0 Å². The summed E-state index contributed by atoms with van der Waals surface area (Å²) < 4.78 is 2.06. The summed E-state index contributed by atoms with van der Waals surface area (Å²) in [6.07, 6.45) is 6.71. The Kier molecular flexibility index (Phi) is 2.95. The van der Waals surface area contributed by atoms with E-state index in [1.165, 1.54) is 9.69 Å². The Hall–Kier alpha value is -0.417. The van der Waals surface area contributed by atoms with Crippen LogP contribution >= 0.6 is 0 Å². The SMILES string of the molecule is C=C[CH2][Zr][CH]1C=Cc2ccccc21. The van der Waals surface area contributed by atoms with Gasteiger partial charge < -0.3 is 0 Å². The molecule has 0 fully saturated rings. The van der Waals surface area contributed by atoms with Crippen LogP contribution in [-0.4, -0.2) is 0 Å². The van der Waals surface area contributed by atoms with Crippen molar-refractivity contribution in [2.45, 2.75) is 7.75 Å². The fourth-order valence-corrected chi connectivity index (χ4v) is 4.43. The molecule has 0 amide bonds. The maximum absolute atomic E-state index is 3.80. The van der Waals surface area contributed by atoms with Crippen LogP contribution in [0, 0.1) is 0 Å². The Balaban J connectivity index is 2.18. The van der Waals surface area contributed by atoms with E-state index in [2.05, 4.69) is 49.1 Å². The summed E-state index contributed by atoms with van der Waals surface area (Å²) in [4.78, 5) is 0. The van der Waals surface area contributed by atoms with Gasteiger partial charge in [-0.1, -0.05) is 0 Å². The summed E-state index contributed by atoms with van der Waals surface area (Å²) in [5, 5.41) is 0. The van der Waals surface area contributed by atoms with E-state index in [0.29, 0.717) is 0 Å². The first-order chi connectivity index (χ1) is 6.42. The molecular formula is C12H12Zr. The van der Waals surface area contributed by atoms with Crippen LogP contribution in [0.25, 0.3) is 6.08 Å². The van der Waals surface area contributed by atoms with Gasteiger partial charge in [-0.25, -0.2) is 0 Å². The molecule has 1 aromatic carbocycles. The van der Waals surface area contributed by atoms with Gasteiger partial charge in [-0.15, -0.1) is 0 Å². The third-order valence-electron chi connectivity index (χ3n) is 2.28. The molecule has 1 aromatic rings. The van der Waals surface area contributed by atoms with Crippen molar-refractivity contribution in [3.63, 3.8) is 0 Å². The second-order valence-corrected chi connectivity index (χ2v) is 6.70. The van der Waals surface area contributed by atoms with Gasteiger partial charge in [0, 0.05) is 0 Å². The van der Waals surface area contributed by atoms with Gasteiger partial charge in [0.15, 0.2) is 0 Å². The summed E-state index contributed by atoms with van der Waals surface area (Å²) in [5.41, 5.74) is 2.98. The summed E-state index contributed by atoms with van der Waals surface area (Å²) in [6, 6.07) is 8.74. The van der Waals surface area contributed by atoms with E-state index in [-0.39, 0.29) is 23.2 Å². The molecule has 1 unspecified atom stereocenters. The van der Waals surface area contributed by atoms with Crippen LogP contribution in [0.1, 0.15) is 14.8 Å². The molecule has 0 aliphatic heterocycles. The van der Waals surface area contributed by atoms with Gasteiger partial charge in [-0.2, -0.15) is 0 Å². The molecule has 1 atom stereocenters. The molecule has 1 aliphatic rings. The van der Waals surface area contributed by atoms with Crippen molar-refractivity contribution in [1.82, 2.24) is 0 Å². The molecule has 0 aromatic heterocycles. The van der Waals surface area contributed by atoms with Crippen molar-refractivity contribution in [2.75, 3.05) is 0 Å². The third-order valence-corrected chi connectivity index (χ3v) is 5.89. The molecular weight excluding hydrogens is 235 g/mol. The first-order valence-corrected chi connectivity index (χ1v) is 7.69. The molecule has 0 bridgehead atoms. The van der Waals surface area contributed by atoms with Crippen molar-refractivity contribution in [3.05, 3.63) is 54.1 Å². The molecule has 1 heteroatoms. The Morgan fingerprint density at radius 2 is 2.23 bits per heavy atom. The molecule has 2 rings (SSSR count). The molecule has 13 heavy (non-hydrogen) atoms. The van der Waals surface area contributed by atoms with Crippen molar-refractivity contribution in [1.29, 1.82) is 0 Å². The van der Waals surface area contributed by atoms with Crippen LogP contribution in [0.15, 0.2) is 43.0 Å². The standard InChI is InChI=1S/C9H7.C3H5.Zr/c1-2-5-9-7-3-6-8(9)4-1;1-3-2;/h1-7H;3H,1-2H2;. The molecule has 0 saturated carbocycles. The molecule has 0 spiro atoms. The van der Waals surface area contributed by atoms with E-state index in [1.807, 2.05) is 0 Å². The maximum atomic E-state index is 3.80. The number of fused-ring (bicyclic) bond motifs is 1. The zero-order valence-corrected chi connectivity index (χ0v) is 9.99. The van der Waals surface area contributed by atoms with Gasteiger partial charge in [0.25, 0.3) is 0 Å². The zero-order chi connectivity index (χ0) is 9.10. The third kappa shape index (κ3) is 1.91. The average Bonchev–Trinajstić information content (AvgIpc) is 2.58. The molecule has 0 saturated heterocycles. The fraction of sp³-hybridized carbons (Fsp3) is 0.167. The van der Waals surface area contributed by atoms with E-state index in [1.54, 1.807) is 5.56 Å². The van der Waals surface area contributed by atoms with Gasteiger partial charge in [0.1, 0.15) is 0 Å². The van der Waals surface area contributed by atoms with Gasteiger partial charge in [-0.05, 0) is 0 Å². The molecule has 1 aliphatic carbocycles. The topological polar surface area (TPSA) is 0 Å². The quantitative estimate of drug-likeness (QED) is 0.718. The molecule has 0 nitrogen and oxygen atoms in total. The molecule has 64 valence electrons. The first kappa shape index (κ1) is 9.15. The van der Waals surface area contributed by atoms with E-state index in [9.17, 15) is 0 Å². The van der Waals surface area contributed by atoms with E-state index in [0.717, 1.165) is 3.63 Å². The van der Waals surface area contributed by atoms with Crippen LogP contribution < -0.4 is 0 Å². The van der Waals surface area contributed by atoms with E-state index >= 15 is 0 Å². The number of rotatable bonds is 3. The number of hydrogen-bond acceptors (Lipinski definition) is 0. The summed E-state index contributed by atoms with van der Waals surface area (Å²) >= 11 is -0.298. The normalized spacial score (nSPS) is 18.3. The van der Waals surface area contributed by atoms with Crippen molar-refractivity contribution in [3.8, 4) is 0 Å². The monoisotopic (exact) mass is 246 g/mol. The van der Waals surface area contributed by atoms with Gasteiger partial charge in [-0.3, -0.25) is 0 Å². The Morgan fingerprint density at radius 3 is 3.08 bits per heavy atom. The van der Waals surface area contributed by atoms with Crippen LogP contribution in [0.4, 0.5) is 0 Å². The minimum atomic E-state index is -0.298. The second kappa shape index (κ2) is 4.20. The first-order valence-electron chi connectivity index (χ1n) is 4.53. The van der Waals surface area contributed by atoms with Gasteiger partial charge >= 0.3 is 91.2 Å². The second-order valence-electron chi connectivity index (χ2n) is 3.16. The van der Waals surface area contributed by atoms with E-state index in [4.69, 9.17) is 0 Å². The predicted molar refractivity (Wildman–Crippen MR) is 53.2 cm³/mol. The van der Waals surface area contributed by atoms with Gasteiger partial charge in [0.05, 0.1) is 0 Å². The summed E-state index contributed by atoms with van der Waals surface area (Å²) in [6.45, 7) is 3.80. The Morgan fingerprint density at radius 1 is 1.38 bits per heavy atom. The predicted octanol–water partition coefficient (Wildman–Crippen LogP) is 3.44. The summed E-state index contributed by atoms with van der Waals surface area (Å²) in [5.74, 6) is 0. The average molecular weight is 247 g/mol. The Labute approximate surface area is 90.9 Å². The van der Waals surface area contributed by atoms with Gasteiger partial charge in [0.2, 0.25) is 0 Å². The number of hydrogen-bond donors (Lipinski definition) is 0. The Bertz CT molecular complexity index is 339. The molecule has 0 heterocycles. The van der Waals surface area contributed by atoms with Crippen LogP contribution in [0.5, 0.6) is 0 Å². The zero-order valence-electron chi connectivity index (χ0n) is 7.53. The minimum absolute atomic E-state index is 0.298. The summed E-state index contributed by atoms with van der Waals surface area (Å²) in [7, 11) is 0. The fourth-order valence-electron chi connectivity index (χ4n) is 1.64.